The number of nitro benzene ring substituents is 1. The zero-order valence-corrected chi connectivity index (χ0v) is 13.3. The predicted octanol–water partition coefficient (Wildman–Crippen LogP) is 3.60. The first-order valence-electron chi connectivity index (χ1n) is 6.72. The third-order valence-electron chi connectivity index (χ3n) is 3.27. The van der Waals surface area contributed by atoms with Gasteiger partial charge in [-0.3, -0.25) is 14.5 Å². The third-order valence-corrected chi connectivity index (χ3v) is 3.87. The molecule has 0 atom stereocenters. The van der Waals surface area contributed by atoms with Crippen LogP contribution in [0.25, 0.3) is 5.65 Å². The summed E-state index contributed by atoms with van der Waals surface area (Å²) in [5, 5.41) is 22.4. The van der Waals surface area contributed by atoms with Gasteiger partial charge in [0.2, 0.25) is 0 Å². The summed E-state index contributed by atoms with van der Waals surface area (Å²) in [5.74, 6) is 0.794. The van der Waals surface area contributed by atoms with E-state index in [1.807, 2.05) is 28.8 Å². The maximum atomic E-state index is 10.8. The van der Waals surface area contributed by atoms with Crippen molar-refractivity contribution in [3.05, 3.63) is 62.5 Å². The molecule has 0 saturated carbocycles. The molecule has 0 amide bonds. The van der Waals surface area contributed by atoms with Gasteiger partial charge >= 0.3 is 0 Å². The van der Waals surface area contributed by atoms with Crippen LogP contribution in [0.3, 0.4) is 0 Å². The number of hydrogen-bond donors (Lipinski definition) is 1. The minimum absolute atomic E-state index is 0.144. The van der Waals surface area contributed by atoms with Crippen molar-refractivity contribution in [1.82, 2.24) is 14.6 Å². The summed E-state index contributed by atoms with van der Waals surface area (Å²) in [6, 6.07) is 8.19. The van der Waals surface area contributed by atoms with E-state index in [1.54, 1.807) is 0 Å². The molecule has 3 aromatic rings. The van der Waals surface area contributed by atoms with Gasteiger partial charge in [0.15, 0.2) is 5.65 Å². The van der Waals surface area contributed by atoms with Crippen molar-refractivity contribution in [1.29, 1.82) is 0 Å². The summed E-state index contributed by atoms with van der Waals surface area (Å²) in [4.78, 5) is 10.2. The van der Waals surface area contributed by atoms with E-state index in [0.29, 0.717) is 18.7 Å². The molecule has 0 fully saturated rings. The van der Waals surface area contributed by atoms with Crippen molar-refractivity contribution < 1.29 is 4.92 Å². The second-order valence-corrected chi connectivity index (χ2v) is 5.58. The Morgan fingerprint density at radius 1 is 1.22 bits per heavy atom. The van der Waals surface area contributed by atoms with Gasteiger partial charge in [0.1, 0.15) is 5.82 Å². The Balaban J connectivity index is 1.73. The molecule has 2 heterocycles. The lowest BCUT2D eigenvalue weighted by Gasteiger charge is -2.09. The molecule has 2 aromatic heterocycles. The highest BCUT2D eigenvalue weighted by molar-refractivity contribution is 6.39. The maximum Gasteiger partial charge on any atom is 0.272 e. The number of nitro groups is 1. The summed E-state index contributed by atoms with van der Waals surface area (Å²) in [6.07, 6.45) is 2.48. The Labute approximate surface area is 141 Å². The normalized spacial score (nSPS) is 10.9. The second kappa shape index (κ2) is 6.39. The number of pyridine rings is 1. The van der Waals surface area contributed by atoms with Gasteiger partial charge in [0, 0.05) is 31.3 Å². The number of non-ortho nitro benzene ring substituents is 1. The zero-order chi connectivity index (χ0) is 16.4. The molecule has 0 unspecified atom stereocenters. The number of rotatable bonds is 5. The smallest absolute Gasteiger partial charge is 0.272 e. The van der Waals surface area contributed by atoms with Crippen molar-refractivity contribution in [3.63, 3.8) is 0 Å². The number of benzene rings is 1. The van der Waals surface area contributed by atoms with Crippen LogP contribution in [0, 0.1) is 10.1 Å². The first-order valence-corrected chi connectivity index (χ1v) is 7.48. The van der Waals surface area contributed by atoms with Crippen molar-refractivity contribution >= 4 is 40.2 Å². The van der Waals surface area contributed by atoms with Crippen LogP contribution in [-0.2, 0) is 6.42 Å². The van der Waals surface area contributed by atoms with Crippen LogP contribution in [0.15, 0.2) is 36.5 Å². The number of anilines is 1. The summed E-state index contributed by atoms with van der Waals surface area (Å²) < 4.78 is 1.89. The first kappa shape index (κ1) is 15.5. The summed E-state index contributed by atoms with van der Waals surface area (Å²) in [7, 11) is 0. The Morgan fingerprint density at radius 2 is 1.96 bits per heavy atom. The fourth-order valence-corrected chi connectivity index (χ4v) is 2.80. The zero-order valence-electron chi connectivity index (χ0n) is 11.7. The molecule has 3 rings (SSSR count). The Kier molecular flexibility index (Phi) is 4.31. The average molecular weight is 352 g/mol. The number of nitrogens with one attached hydrogen (secondary N) is 1. The van der Waals surface area contributed by atoms with Gasteiger partial charge in [-0.1, -0.05) is 29.3 Å². The number of halogens is 2. The molecule has 0 aliphatic carbocycles. The van der Waals surface area contributed by atoms with Crippen LogP contribution < -0.4 is 5.32 Å². The van der Waals surface area contributed by atoms with Crippen LogP contribution in [0.5, 0.6) is 0 Å². The van der Waals surface area contributed by atoms with E-state index >= 15 is 0 Å². The molecule has 0 bridgehead atoms. The SMILES string of the molecule is O=[N+]([O-])c1cc(Cl)c(NCCc2nnc3ccccn23)c(Cl)c1. The molecule has 7 nitrogen and oxygen atoms in total. The van der Waals surface area contributed by atoms with Crippen molar-refractivity contribution in [3.8, 4) is 0 Å². The Bertz CT molecular complexity index is 857. The van der Waals surface area contributed by atoms with Crippen molar-refractivity contribution in [2.45, 2.75) is 6.42 Å². The molecule has 1 N–H and O–H groups in total. The van der Waals surface area contributed by atoms with E-state index in [9.17, 15) is 10.1 Å². The lowest BCUT2D eigenvalue weighted by Crippen LogP contribution is -2.08. The van der Waals surface area contributed by atoms with E-state index < -0.39 is 4.92 Å². The van der Waals surface area contributed by atoms with Crippen molar-refractivity contribution in [2.75, 3.05) is 11.9 Å². The molecule has 0 radical (unpaired) electrons. The minimum Gasteiger partial charge on any atom is -0.382 e. The van der Waals surface area contributed by atoms with E-state index in [2.05, 4.69) is 15.5 Å². The molecule has 1 aromatic carbocycles. The van der Waals surface area contributed by atoms with Crippen LogP contribution in [0.2, 0.25) is 10.0 Å². The fourth-order valence-electron chi connectivity index (χ4n) is 2.19. The summed E-state index contributed by atoms with van der Waals surface area (Å²) >= 11 is 12.1. The largest absolute Gasteiger partial charge is 0.382 e. The monoisotopic (exact) mass is 351 g/mol. The predicted molar refractivity (Wildman–Crippen MR) is 88.3 cm³/mol. The van der Waals surface area contributed by atoms with Gasteiger partial charge in [-0.25, -0.2) is 0 Å². The van der Waals surface area contributed by atoms with Crippen LogP contribution >= 0.6 is 23.2 Å². The van der Waals surface area contributed by atoms with Gasteiger partial charge in [-0.15, -0.1) is 10.2 Å². The number of hydrogen-bond acceptors (Lipinski definition) is 5. The van der Waals surface area contributed by atoms with E-state index in [4.69, 9.17) is 23.2 Å². The number of fused-ring (bicyclic) bond motifs is 1. The van der Waals surface area contributed by atoms with Crippen molar-refractivity contribution in [2.24, 2.45) is 0 Å². The van der Waals surface area contributed by atoms with Crippen LogP contribution in [0.1, 0.15) is 5.82 Å². The molecule has 9 heteroatoms. The van der Waals surface area contributed by atoms with Gasteiger partial charge in [0.25, 0.3) is 5.69 Å². The fraction of sp³-hybridized carbons (Fsp3) is 0.143. The molecular formula is C14H11Cl2N5O2. The first-order chi connectivity index (χ1) is 11.1. The minimum atomic E-state index is -0.538. The molecule has 0 aliphatic heterocycles. The number of nitrogens with zero attached hydrogens (tertiary/aromatic N) is 4. The van der Waals surface area contributed by atoms with E-state index in [1.165, 1.54) is 12.1 Å². The molecule has 0 spiro atoms. The van der Waals surface area contributed by atoms with Crippen LogP contribution in [0.4, 0.5) is 11.4 Å². The van der Waals surface area contributed by atoms with Crippen LogP contribution in [-0.4, -0.2) is 26.1 Å². The molecular weight excluding hydrogens is 341 g/mol. The highest BCUT2D eigenvalue weighted by Crippen LogP contribution is 2.34. The summed E-state index contributed by atoms with van der Waals surface area (Å²) in [5.41, 5.74) is 1.09. The second-order valence-electron chi connectivity index (χ2n) is 4.76. The van der Waals surface area contributed by atoms with Gasteiger partial charge in [-0.2, -0.15) is 0 Å². The lowest BCUT2D eigenvalue weighted by molar-refractivity contribution is -0.384. The van der Waals surface area contributed by atoms with Gasteiger partial charge in [0.05, 0.1) is 20.7 Å². The summed E-state index contributed by atoms with van der Waals surface area (Å²) in [6.45, 7) is 0.507. The van der Waals surface area contributed by atoms with Gasteiger partial charge in [-0.05, 0) is 12.1 Å². The van der Waals surface area contributed by atoms with Gasteiger partial charge < -0.3 is 5.32 Å². The quantitative estimate of drug-likeness (QED) is 0.560. The number of aromatic nitrogens is 3. The Morgan fingerprint density at radius 3 is 2.65 bits per heavy atom. The third kappa shape index (κ3) is 3.20. The Hall–Kier alpha value is -2.38. The lowest BCUT2D eigenvalue weighted by atomic mass is 10.2. The van der Waals surface area contributed by atoms with E-state index in [0.717, 1.165) is 11.5 Å². The standard InChI is InChI=1S/C14H11Cl2N5O2/c15-10-7-9(21(22)23)8-11(16)14(10)17-5-4-13-19-18-12-3-1-2-6-20(12)13/h1-3,6-8,17H,4-5H2. The average Bonchev–Trinajstić information content (AvgIpc) is 2.93. The highest BCUT2D eigenvalue weighted by Gasteiger charge is 2.14. The molecule has 23 heavy (non-hydrogen) atoms. The topological polar surface area (TPSA) is 85.4 Å². The molecule has 0 aliphatic rings. The maximum absolute atomic E-state index is 10.8. The molecule has 0 saturated heterocycles. The molecule has 118 valence electrons. The van der Waals surface area contributed by atoms with E-state index in [-0.39, 0.29) is 15.7 Å². The highest BCUT2D eigenvalue weighted by atomic mass is 35.5.